The maximum Gasteiger partial charge on any atom is 0.0366 e. The summed E-state index contributed by atoms with van der Waals surface area (Å²) in [5.74, 6) is 2.34. The van der Waals surface area contributed by atoms with Gasteiger partial charge in [-0.2, -0.15) is 0 Å². The Morgan fingerprint density at radius 2 is 1.68 bits per heavy atom. The number of anilines is 1. The second-order valence-electron chi connectivity index (χ2n) is 6.55. The molecule has 1 aliphatic heterocycles. The van der Waals surface area contributed by atoms with E-state index in [-0.39, 0.29) is 0 Å². The predicted molar refractivity (Wildman–Crippen MR) is 83.5 cm³/mol. The minimum atomic E-state index is 0.715. The second-order valence-corrected chi connectivity index (χ2v) is 6.55. The van der Waals surface area contributed by atoms with Crippen LogP contribution in [0.1, 0.15) is 33.3 Å². The Balaban J connectivity index is 1.88. The summed E-state index contributed by atoms with van der Waals surface area (Å²) < 4.78 is 0. The minimum Gasteiger partial charge on any atom is -0.371 e. The zero-order valence-corrected chi connectivity index (χ0v) is 12.8. The van der Waals surface area contributed by atoms with Gasteiger partial charge in [0, 0.05) is 25.3 Å². The average Bonchev–Trinajstić information content (AvgIpc) is 2.70. The molecule has 2 nitrogen and oxygen atoms in total. The number of nitrogens with zero attached hydrogens (tertiary/aromatic N) is 1. The Hall–Kier alpha value is -1.02. The third-order valence-electron chi connectivity index (χ3n) is 4.17. The summed E-state index contributed by atoms with van der Waals surface area (Å²) in [4.78, 5) is 2.51. The number of rotatable bonds is 5. The van der Waals surface area contributed by atoms with Crippen LogP contribution < -0.4 is 10.2 Å². The fraction of sp³-hybridized carbons (Fsp3) is 0.647. The van der Waals surface area contributed by atoms with Crippen molar-refractivity contribution in [2.24, 2.45) is 17.8 Å². The molecule has 0 spiro atoms. The van der Waals surface area contributed by atoms with Crippen molar-refractivity contribution in [1.82, 2.24) is 5.32 Å². The molecule has 0 aliphatic carbocycles. The fourth-order valence-electron chi connectivity index (χ4n) is 2.67. The average molecular weight is 260 g/mol. The van der Waals surface area contributed by atoms with E-state index in [0.717, 1.165) is 24.9 Å². The summed E-state index contributed by atoms with van der Waals surface area (Å²) in [5.41, 5.74) is 2.76. The largest absolute Gasteiger partial charge is 0.371 e. The zero-order chi connectivity index (χ0) is 13.8. The highest BCUT2D eigenvalue weighted by molar-refractivity contribution is 5.48. The molecular formula is C17H28N2. The molecule has 0 saturated carbocycles. The molecule has 1 aromatic carbocycles. The van der Waals surface area contributed by atoms with Crippen molar-refractivity contribution in [2.75, 3.05) is 24.5 Å². The Kier molecular flexibility index (Phi) is 4.87. The van der Waals surface area contributed by atoms with Crippen molar-refractivity contribution in [1.29, 1.82) is 0 Å². The van der Waals surface area contributed by atoms with E-state index in [1.54, 1.807) is 0 Å². The van der Waals surface area contributed by atoms with Gasteiger partial charge in [0.05, 0.1) is 0 Å². The lowest BCUT2D eigenvalue weighted by molar-refractivity contribution is 0.494. The zero-order valence-electron chi connectivity index (χ0n) is 12.8. The van der Waals surface area contributed by atoms with E-state index >= 15 is 0 Å². The molecule has 2 heteroatoms. The van der Waals surface area contributed by atoms with Crippen molar-refractivity contribution in [2.45, 2.75) is 34.2 Å². The van der Waals surface area contributed by atoms with Crippen LogP contribution in [0.15, 0.2) is 24.3 Å². The van der Waals surface area contributed by atoms with Crippen molar-refractivity contribution in [3.63, 3.8) is 0 Å². The normalized spacial score (nSPS) is 23.3. The van der Waals surface area contributed by atoms with Crippen LogP contribution in [0.4, 0.5) is 5.69 Å². The van der Waals surface area contributed by atoms with Gasteiger partial charge in [0.15, 0.2) is 0 Å². The van der Waals surface area contributed by atoms with Crippen LogP contribution in [-0.4, -0.2) is 19.6 Å². The van der Waals surface area contributed by atoms with Gasteiger partial charge in [-0.3, -0.25) is 0 Å². The molecule has 1 saturated heterocycles. The molecule has 1 fully saturated rings. The van der Waals surface area contributed by atoms with Gasteiger partial charge in [0.2, 0.25) is 0 Å². The van der Waals surface area contributed by atoms with Crippen molar-refractivity contribution in [3.05, 3.63) is 29.8 Å². The summed E-state index contributed by atoms with van der Waals surface area (Å²) in [6.45, 7) is 13.7. The van der Waals surface area contributed by atoms with Gasteiger partial charge in [-0.05, 0) is 42.0 Å². The van der Waals surface area contributed by atoms with E-state index < -0.39 is 0 Å². The first-order valence-electron chi connectivity index (χ1n) is 7.61. The molecule has 1 heterocycles. The first-order valence-corrected chi connectivity index (χ1v) is 7.61. The lowest BCUT2D eigenvalue weighted by Crippen LogP contribution is -2.20. The number of hydrogen-bond donors (Lipinski definition) is 1. The van der Waals surface area contributed by atoms with Crippen LogP contribution in [0, 0.1) is 17.8 Å². The Bertz CT molecular complexity index is 373. The third kappa shape index (κ3) is 3.97. The van der Waals surface area contributed by atoms with Gasteiger partial charge in [-0.25, -0.2) is 0 Å². The van der Waals surface area contributed by atoms with Crippen LogP contribution in [0.3, 0.4) is 0 Å². The maximum atomic E-state index is 3.49. The highest BCUT2D eigenvalue weighted by Crippen LogP contribution is 2.27. The van der Waals surface area contributed by atoms with E-state index in [1.165, 1.54) is 24.3 Å². The topological polar surface area (TPSA) is 15.3 Å². The quantitative estimate of drug-likeness (QED) is 0.871. The lowest BCUT2D eigenvalue weighted by Gasteiger charge is -2.18. The Labute approximate surface area is 118 Å². The summed E-state index contributed by atoms with van der Waals surface area (Å²) in [5, 5.41) is 3.49. The Morgan fingerprint density at radius 3 is 2.21 bits per heavy atom. The molecule has 0 aromatic heterocycles. The monoisotopic (exact) mass is 260 g/mol. The van der Waals surface area contributed by atoms with Gasteiger partial charge in [-0.1, -0.05) is 39.8 Å². The molecule has 1 aromatic rings. The van der Waals surface area contributed by atoms with Gasteiger partial charge in [0.1, 0.15) is 0 Å². The molecule has 1 N–H and O–H groups in total. The smallest absolute Gasteiger partial charge is 0.0366 e. The molecule has 2 rings (SSSR count). The van der Waals surface area contributed by atoms with E-state index in [2.05, 4.69) is 62.2 Å². The second kappa shape index (κ2) is 6.42. The molecule has 1 aliphatic rings. The molecule has 2 atom stereocenters. The molecule has 2 unspecified atom stereocenters. The summed E-state index contributed by atoms with van der Waals surface area (Å²) in [7, 11) is 0. The molecule has 19 heavy (non-hydrogen) atoms. The van der Waals surface area contributed by atoms with Crippen molar-refractivity contribution >= 4 is 5.69 Å². The van der Waals surface area contributed by atoms with Crippen LogP contribution in [0.5, 0.6) is 0 Å². The predicted octanol–water partition coefficient (Wildman–Crippen LogP) is 3.52. The number of nitrogens with one attached hydrogen (secondary N) is 1. The van der Waals surface area contributed by atoms with E-state index in [4.69, 9.17) is 0 Å². The maximum absolute atomic E-state index is 3.49. The fourth-order valence-corrected chi connectivity index (χ4v) is 2.67. The summed E-state index contributed by atoms with van der Waals surface area (Å²) >= 11 is 0. The SMILES string of the molecule is CC(C)CNCc1ccc(N2CC(C)C(C)C2)cc1. The molecule has 0 bridgehead atoms. The first-order chi connectivity index (χ1) is 9.06. The van der Waals surface area contributed by atoms with Crippen LogP contribution in [-0.2, 0) is 6.54 Å². The van der Waals surface area contributed by atoms with Crippen molar-refractivity contribution in [3.8, 4) is 0 Å². The molecule has 0 amide bonds. The highest BCUT2D eigenvalue weighted by atomic mass is 15.2. The first kappa shape index (κ1) is 14.4. The summed E-state index contributed by atoms with van der Waals surface area (Å²) in [6, 6.07) is 9.07. The van der Waals surface area contributed by atoms with E-state index in [0.29, 0.717) is 5.92 Å². The highest BCUT2D eigenvalue weighted by Gasteiger charge is 2.25. The van der Waals surface area contributed by atoms with Crippen molar-refractivity contribution < 1.29 is 0 Å². The summed E-state index contributed by atoms with van der Waals surface area (Å²) in [6.07, 6.45) is 0. The van der Waals surface area contributed by atoms with Gasteiger partial charge < -0.3 is 10.2 Å². The van der Waals surface area contributed by atoms with Gasteiger partial charge in [-0.15, -0.1) is 0 Å². The molecule has 0 radical (unpaired) electrons. The van der Waals surface area contributed by atoms with Crippen LogP contribution in [0.2, 0.25) is 0 Å². The van der Waals surface area contributed by atoms with Gasteiger partial charge >= 0.3 is 0 Å². The lowest BCUT2D eigenvalue weighted by atomic mass is 10.0. The van der Waals surface area contributed by atoms with E-state index in [9.17, 15) is 0 Å². The number of hydrogen-bond acceptors (Lipinski definition) is 2. The Morgan fingerprint density at radius 1 is 1.11 bits per heavy atom. The number of benzene rings is 1. The molecule has 106 valence electrons. The standard InChI is InChI=1S/C17H28N2/c1-13(2)9-18-10-16-5-7-17(8-6-16)19-11-14(3)15(4)12-19/h5-8,13-15,18H,9-12H2,1-4H3. The van der Waals surface area contributed by atoms with E-state index in [1.807, 2.05) is 0 Å². The van der Waals surface area contributed by atoms with Crippen LogP contribution >= 0.6 is 0 Å². The minimum absolute atomic E-state index is 0.715. The van der Waals surface area contributed by atoms with Crippen LogP contribution in [0.25, 0.3) is 0 Å². The molecular weight excluding hydrogens is 232 g/mol. The third-order valence-corrected chi connectivity index (χ3v) is 4.17. The van der Waals surface area contributed by atoms with Gasteiger partial charge in [0.25, 0.3) is 0 Å².